The highest BCUT2D eigenvalue weighted by Gasteiger charge is 2.41. The molecule has 2 aromatic carbocycles. The summed E-state index contributed by atoms with van der Waals surface area (Å²) in [6, 6.07) is 22.7. The molecule has 8 rings (SSSR count). The molecule has 0 bridgehead atoms. The molecule has 15 nitrogen and oxygen atoms in total. The van der Waals surface area contributed by atoms with E-state index in [0.717, 1.165) is 48.7 Å². The number of piperidine rings is 2. The molecule has 2 aliphatic rings. The van der Waals surface area contributed by atoms with Crippen molar-refractivity contribution >= 4 is 11.6 Å². The van der Waals surface area contributed by atoms with E-state index in [4.69, 9.17) is 0 Å². The molecule has 6 heterocycles. The maximum atomic E-state index is 10.6. The third kappa shape index (κ3) is 10.4. The second-order valence-electron chi connectivity index (χ2n) is 19.3. The van der Waals surface area contributed by atoms with Crippen molar-refractivity contribution in [3.8, 4) is 45.4 Å². The van der Waals surface area contributed by atoms with E-state index in [-0.39, 0.29) is 46.3 Å². The van der Waals surface area contributed by atoms with Gasteiger partial charge in [-0.15, -0.1) is 20.4 Å². The van der Waals surface area contributed by atoms with Gasteiger partial charge in [0.05, 0.1) is 29.4 Å². The summed E-state index contributed by atoms with van der Waals surface area (Å²) >= 11 is 0. The van der Waals surface area contributed by atoms with Gasteiger partial charge in [0.15, 0.2) is 11.6 Å². The van der Waals surface area contributed by atoms with Crippen molar-refractivity contribution in [1.29, 1.82) is 0 Å². The summed E-state index contributed by atoms with van der Waals surface area (Å²) in [6.07, 6.45) is 11.0. The molecule has 0 radical (unpaired) electrons. The molecule has 0 unspecified atom stereocenters. The third-order valence-corrected chi connectivity index (χ3v) is 11.7. The Morgan fingerprint density at radius 2 is 1.10 bits per heavy atom. The van der Waals surface area contributed by atoms with E-state index in [0.29, 0.717) is 35.1 Å². The van der Waals surface area contributed by atoms with E-state index >= 15 is 0 Å². The Balaban J connectivity index is 0.000000187. The van der Waals surface area contributed by atoms with Crippen LogP contribution >= 0.6 is 0 Å². The lowest BCUT2D eigenvalue weighted by Gasteiger charge is -2.49. The van der Waals surface area contributed by atoms with Crippen LogP contribution in [0.5, 0.6) is 11.5 Å². The molecule has 0 saturated carbocycles. The van der Waals surface area contributed by atoms with Gasteiger partial charge < -0.3 is 35.8 Å². The SMILES string of the molecule is CC1(C)CC(N(CCO)c2ccc(-c3ccc(-n4cccn4)cc3O)nn2)CC(C)(C)N1.CN(c1ccc(-c2cc(-n3cccn3)ccc2O)nn1)C1CC(C)(C)NC(C)(C)C1. The fourth-order valence-electron chi connectivity index (χ4n) is 9.68. The summed E-state index contributed by atoms with van der Waals surface area (Å²) in [5.41, 5.74) is 4.18. The molecule has 15 heteroatoms. The van der Waals surface area contributed by atoms with Crippen LogP contribution in [-0.4, -0.2) is 110 Å². The number of hydrogen-bond donors (Lipinski definition) is 5. The van der Waals surface area contributed by atoms with Crippen molar-refractivity contribution in [3.63, 3.8) is 0 Å². The maximum absolute atomic E-state index is 10.6. The molecule has 2 fully saturated rings. The van der Waals surface area contributed by atoms with Crippen molar-refractivity contribution in [3.05, 3.63) is 97.6 Å². The van der Waals surface area contributed by atoms with Crippen LogP contribution in [-0.2, 0) is 0 Å². The zero-order chi connectivity index (χ0) is 44.5. The first-order chi connectivity index (χ1) is 29.3. The van der Waals surface area contributed by atoms with Gasteiger partial charge in [-0.1, -0.05) is 0 Å². The lowest BCUT2D eigenvalue weighted by molar-refractivity contribution is 0.155. The van der Waals surface area contributed by atoms with Crippen LogP contribution in [0.1, 0.15) is 81.1 Å². The summed E-state index contributed by atoms with van der Waals surface area (Å²) in [5, 5.41) is 64.3. The summed E-state index contributed by atoms with van der Waals surface area (Å²) < 4.78 is 3.44. The number of anilines is 2. The molecule has 2 aliphatic heterocycles. The van der Waals surface area contributed by atoms with E-state index in [2.05, 4.69) is 113 Å². The number of hydrogen-bond acceptors (Lipinski definition) is 13. The number of phenols is 2. The van der Waals surface area contributed by atoms with E-state index in [1.165, 1.54) is 0 Å². The van der Waals surface area contributed by atoms with Crippen LogP contribution in [0, 0.1) is 0 Å². The third-order valence-electron chi connectivity index (χ3n) is 11.7. The van der Waals surface area contributed by atoms with Gasteiger partial charge in [0.1, 0.15) is 11.5 Å². The molecular weight excluding hydrogens is 781 g/mol. The van der Waals surface area contributed by atoms with Gasteiger partial charge in [-0.2, -0.15) is 10.2 Å². The Bertz CT molecular complexity index is 2360. The van der Waals surface area contributed by atoms with Gasteiger partial charge in [-0.25, -0.2) is 9.36 Å². The van der Waals surface area contributed by atoms with Gasteiger partial charge in [0, 0.05) is 89.8 Å². The molecule has 0 amide bonds. The Morgan fingerprint density at radius 1 is 0.597 bits per heavy atom. The van der Waals surface area contributed by atoms with Gasteiger partial charge in [0.2, 0.25) is 0 Å². The highest BCUT2D eigenvalue weighted by molar-refractivity contribution is 5.70. The number of aromatic nitrogens is 8. The van der Waals surface area contributed by atoms with Crippen molar-refractivity contribution in [2.24, 2.45) is 0 Å². The summed E-state index contributed by atoms with van der Waals surface area (Å²) in [4.78, 5) is 4.38. The van der Waals surface area contributed by atoms with Crippen LogP contribution in [0.15, 0.2) is 97.6 Å². The van der Waals surface area contributed by atoms with E-state index < -0.39 is 0 Å². The highest BCUT2D eigenvalue weighted by atomic mass is 16.3. The van der Waals surface area contributed by atoms with Gasteiger partial charge in [0.25, 0.3) is 0 Å². The van der Waals surface area contributed by atoms with Gasteiger partial charge in [-0.3, -0.25) is 0 Å². The van der Waals surface area contributed by atoms with Gasteiger partial charge >= 0.3 is 0 Å². The van der Waals surface area contributed by atoms with Crippen LogP contribution in [0.2, 0.25) is 0 Å². The minimum absolute atomic E-state index is 0.0183. The molecule has 0 aliphatic carbocycles. The lowest BCUT2D eigenvalue weighted by atomic mass is 9.79. The first-order valence-corrected chi connectivity index (χ1v) is 21.3. The van der Waals surface area contributed by atoms with Crippen LogP contribution in [0.4, 0.5) is 11.6 Å². The normalized spacial score (nSPS) is 18.1. The molecule has 0 spiro atoms. The monoisotopic (exact) mass is 843 g/mol. The molecule has 6 aromatic rings. The van der Waals surface area contributed by atoms with Crippen molar-refractivity contribution in [2.75, 3.05) is 30.0 Å². The molecular formula is C47H62N12O3. The maximum Gasteiger partial charge on any atom is 0.151 e. The number of aromatic hydroxyl groups is 2. The Labute approximate surface area is 364 Å². The Hall–Kier alpha value is -5.90. The molecule has 5 N–H and O–H groups in total. The van der Waals surface area contributed by atoms with Crippen molar-refractivity contribution < 1.29 is 15.3 Å². The fourth-order valence-corrected chi connectivity index (χ4v) is 9.68. The first kappa shape index (κ1) is 44.2. The van der Waals surface area contributed by atoms with Crippen molar-refractivity contribution in [1.82, 2.24) is 50.6 Å². The predicted octanol–water partition coefficient (Wildman–Crippen LogP) is 6.92. The predicted molar refractivity (Wildman–Crippen MR) is 244 cm³/mol. The van der Waals surface area contributed by atoms with E-state index in [1.54, 1.807) is 33.9 Å². The summed E-state index contributed by atoms with van der Waals surface area (Å²) in [7, 11) is 2.08. The smallest absolute Gasteiger partial charge is 0.151 e. The molecule has 4 aromatic heterocycles. The van der Waals surface area contributed by atoms with E-state index in [1.807, 2.05) is 73.1 Å². The number of phenolic OH excluding ortho intramolecular Hbond substituents is 2. The van der Waals surface area contributed by atoms with Crippen LogP contribution < -0.4 is 20.4 Å². The van der Waals surface area contributed by atoms with Crippen LogP contribution in [0.3, 0.4) is 0 Å². The lowest BCUT2D eigenvalue weighted by Crippen LogP contribution is -2.62. The highest BCUT2D eigenvalue weighted by Crippen LogP contribution is 2.36. The van der Waals surface area contributed by atoms with Crippen LogP contribution in [0.25, 0.3) is 33.9 Å². The minimum Gasteiger partial charge on any atom is -0.507 e. The molecule has 2 saturated heterocycles. The Kier molecular flexibility index (Phi) is 12.4. The second-order valence-corrected chi connectivity index (χ2v) is 19.3. The standard InChI is InChI=1S/C24H32N6O2.C23H30N6O/c1-23(2)15-18(16-24(3,4)28-23)29(12-13-31)22-9-8-20(26-27-22)19-7-6-17(14-21(19)32)30-11-5-10-25-30;1-22(2)14-17(15-23(3,4)27-22)28(5)21-10-8-19(25-26-21)18-13-16(7-9-20(18)30)29-12-6-11-24-29/h5-11,14,18,28,31-32H,12-13,15-16H2,1-4H3;6-13,17,27,30H,14-15H2,1-5H3. The minimum atomic E-state index is -0.0183. The first-order valence-electron chi connectivity index (χ1n) is 21.3. The van der Waals surface area contributed by atoms with E-state index in [9.17, 15) is 15.3 Å². The number of aliphatic hydroxyl groups is 1. The zero-order valence-electron chi connectivity index (χ0n) is 37.4. The average Bonchev–Trinajstić information content (AvgIpc) is 3.95. The number of aliphatic hydroxyl groups excluding tert-OH is 1. The number of nitrogens with one attached hydrogen (secondary N) is 2. The summed E-state index contributed by atoms with van der Waals surface area (Å²) in [5.74, 6) is 1.85. The number of rotatable bonds is 10. The largest absolute Gasteiger partial charge is 0.507 e. The topological polar surface area (TPSA) is 178 Å². The average molecular weight is 843 g/mol. The van der Waals surface area contributed by atoms with Crippen molar-refractivity contribution in [2.45, 2.75) is 115 Å². The zero-order valence-corrected chi connectivity index (χ0v) is 37.4. The second kappa shape index (κ2) is 17.5. The summed E-state index contributed by atoms with van der Waals surface area (Å²) in [6.45, 7) is 18.4. The quantitative estimate of drug-likeness (QED) is 0.0961. The fraction of sp³-hybridized carbons (Fsp3) is 0.447. The molecule has 328 valence electrons. The molecule has 0 atom stereocenters. The van der Waals surface area contributed by atoms with Gasteiger partial charge in [-0.05, 0) is 148 Å². The Morgan fingerprint density at radius 3 is 1.58 bits per heavy atom. The molecule has 62 heavy (non-hydrogen) atoms. The number of benzene rings is 2. The number of nitrogens with zero attached hydrogens (tertiary/aromatic N) is 10.